The van der Waals surface area contributed by atoms with Gasteiger partial charge in [-0.1, -0.05) is 43.3 Å². The van der Waals surface area contributed by atoms with Crippen LogP contribution in [0.5, 0.6) is 0 Å². The zero-order valence-corrected chi connectivity index (χ0v) is 20.1. The average molecular weight is 444 g/mol. The van der Waals surface area contributed by atoms with Crippen LogP contribution < -0.4 is 10.2 Å². The van der Waals surface area contributed by atoms with Crippen molar-refractivity contribution in [3.05, 3.63) is 82.3 Å². The summed E-state index contributed by atoms with van der Waals surface area (Å²) in [6.45, 7) is 11.1. The molecule has 0 bridgehead atoms. The molecule has 6 nitrogen and oxygen atoms in total. The highest BCUT2D eigenvalue weighted by molar-refractivity contribution is 5.89. The Morgan fingerprint density at radius 3 is 2.33 bits per heavy atom. The maximum Gasteiger partial charge on any atom is 0.321 e. The second-order valence-corrected chi connectivity index (χ2v) is 8.74. The molecule has 1 N–H and O–H groups in total. The second kappa shape index (κ2) is 10.0. The van der Waals surface area contributed by atoms with Crippen molar-refractivity contribution in [3.8, 4) is 0 Å². The van der Waals surface area contributed by atoms with Gasteiger partial charge in [-0.2, -0.15) is 0 Å². The lowest BCUT2D eigenvalue weighted by Gasteiger charge is -2.36. The third-order valence-corrected chi connectivity index (χ3v) is 6.37. The first-order valence-corrected chi connectivity index (χ1v) is 11.7. The van der Waals surface area contributed by atoms with E-state index in [1.54, 1.807) is 0 Å². The fourth-order valence-corrected chi connectivity index (χ4v) is 4.32. The van der Waals surface area contributed by atoms with Gasteiger partial charge in [-0.15, -0.1) is 0 Å². The van der Waals surface area contributed by atoms with Crippen LogP contribution in [0.25, 0.3) is 0 Å². The van der Waals surface area contributed by atoms with Gasteiger partial charge in [0.2, 0.25) is 0 Å². The number of rotatable bonds is 5. The lowest BCUT2D eigenvalue weighted by Crippen LogP contribution is -2.50. The summed E-state index contributed by atoms with van der Waals surface area (Å²) >= 11 is 0. The van der Waals surface area contributed by atoms with Gasteiger partial charge < -0.3 is 15.1 Å². The number of nitrogens with one attached hydrogen (secondary N) is 1. The lowest BCUT2D eigenvalue weighted by molar-refractivity contribution is 0.208. The van der Waals surface area contributed by atoms with Crippen LogP contribution in [-0.2, 0) is 12.8 Å². The minimum Gasteiger partial charge on any atom is -0.353 e. The predicted molar refractivity (Wildman–Crippen MR) is 134 cm³/mol. The van der Waals surface area contributed by atoms with E-state index >= 15 is 0 Å². The van der Waals surface area contributed by atoms with Crippen LogP contribution in [-0.4, -0.2) is 47.1 Å². The maximum absolute atomic E-state index is 12.8. The summed E-state index contributed by atoms with van der Waals surface area (Å²) in [7, 11) is 0. The van der Waals surface area contributed by atoms with Gasteiger partial charge >= 0.3 is 6.03 Å². The highest BCUT2D eigenvalue weighted by Crippen LogP contribution is 2.26. The fraction of sp³-hybridized carbons (Fsp3) is 0.370. The molecule has 1 aliphatic heterocycles. The first-order valence-electron chi connectivity index (χ1n) is 11.7. The average Bonchev–Trinajstić information content (AvgIpc) is 2.83. The number of aryl methyl sites for hydroxylation is 4. The third-order valence-electron chi connectivity index (χ3n) is 6.37. The number of nitrogens with zero attached hydrogens (tertiary/aromatic N) is 4. The molecule has 2 amide bonds. The van der Waals surface area contributed by atoms with Crippen molar-refractivity contribution in [1.29, 1.82) is 0 Å². The summed E-state index contributed by atoms with van der Waals surface area (Å²) in [5.74, 6) is 1.81. The molecule has 2 aromatic carbocycles. The smallest absolute Gasteiger partial charge is 0.321 e. The molecular weight excluding hydrogens is 410 g/mol. The van der Waals surface area contributed by atoms with E-state index in [2.05, 4.69) is 55.3 Å². The van der Waals surface area contributed by atoms with Crippen molar-refractivity contribution >= 4 is 17.5 Å². The van der Waals surface area contributed by atoms with E-state index < -0.39 is 0 Å². The van der Waals surface area contributed by atoms with Gasteiger partial charge in [-0.25, -0.2) is 14.8 Å². The van der Waals surface area contributed by atoms with Gasteiger partial charge in [-0.05, 0) is 56.0 Å². The van der Waals surface area contributed by atoms with Crippen LogP contribution in [0.15, 0.2) is 48.5 Å². The molecule has 6 heteroatoms. The van der Waals surface area contributed by atoms with Crippen molar-refractivity contribution < 1.29 is 4.79 Å². The Kier molecular flexibility index (Phi) is 6.92. The summed E-state index contributed by atoms with van der Waals surface area (Å²) in [6.07, 6.45) is 1.68. The van der Waals surface area contributed by atoms with Crippen molar-refractivity contribution in [1.82, 2.24) is 14.9 Å². The molecule has 1 aromatic heterocycles. The number of aromatic nitrogens is 2. The van der Waals surface area contributed by atoms with Crippen molar-refractivity contribution in [2.24, 2.45) is 0 Å². The number of hydrogen-bond acceptors (Lipinski definition) is 4. The van der Waals surface area contributed by atoms with Gasteiger partial charge in [0.1, 0.15) is 11.6 Å². The number of benzene rings is 2. The molecule has 0 unspecified atom stereocenters. The molecule has 0 spiro atoms. The van der Waals surface area contributed by atoms with Gasteiger partial charge in [0.25, 0.3) is 0 Å². The molecule has 33 heavy (non-hydrogen) atoms. The lowest BCUT2D eigenvalue weighted by atomic mass is 10.0. The summed E-state index contributed by atoms with van der Waals surface area (Å²) in [4.78, 5) is 26.6. The number of piperazine rings is 1. The Labute approximate surface area is 196 Å². The Hall–Kier alpha value is -3.41. The summed E-state index contributed by atoms with van der Waals surface area (Å²) in [5, 5.41) is 3.05. The Balaban J connectivity index is 1.48. The molecule has 1 aliphatic rings. The van der Waals surface area contributed by atoms with Gasteiger partial charge in [0, 0.05) is 49.5 Å². The molecule has 0 atom stereocenters. The largest absolute Gasteiger partial charge is 0.353 e. The number of anilines is 2. The van der Waals surface area contributed by atoms with Crippen molar-refractivity contribution in [2.75, 3.05) is 36.4 Å². The second-order valence-electron chi connectivity index (χ2n) is 8.74. The van der Waals surface area contributed by atoms with Crippen molar-refractivity contribution in [3.63, 3.8) is 0 Å². The van der Waals surface area contributed by atoms with E-state index in [4.69, 9.17) is 9.97 Å². The number of carbonyl (C=O) groups excluding carboxylic acids is 1. The number of hydrogen-bond donors (Lipinski definition) is 1. The maximum atomic E-state index is 12.8. The van der Waals surface area contributed by atoms with E-state index in [0.717, 1.165) is 49.0 Å². The first-order chi connectivity index (χ1) is 15.9. The minimum atomic E-state index is -0.0458. The highest BCUT2D eigenvalue weighted by atomic mass is 16.2. The summed E-state index contributed by atoms with van der Waals surface area (Å²) in [5.41, 5.74) is 6.80. The topological polar surface area (TPSA) is 61.4 Å². The molecule has 172 valence electrons. The molecule has 1 saturated heterocycles. The molecule has 2 heterocycles. The highest BCUT2D eigenvalue weighted by Gasteiger charge is 2.25. The van der Waals surface area contributed by atoms with Crippen LogP contribution in [0.2, 0.25) is 0 Å². The zero-order valence-electron chi connectivity index (χ0n) is 20.1. The van der Waals surface area contributed by atoms with E-state index in [1.807, 2.05) is 36.1 Å². The molecule has 4 rings (SSSR count). The van der Waals surface area contributed by atoms with E-state index in [9.17, 15) is 4.79 Å². The summed E-state index contributed by atoms with van der Waals surface area (Å²) < 4.78 is 0. The van der Waals surface area contributed by atoms with Gasteiger partial charge in [0.15, 0.2) is 0 Å². The monoisotopic (exact) mass is 443 g/mol. The van der Waals surface area contributed by atoms with Gasteiger partial charge in [0.05, 0.1) is 0 Å². The fourth-order valence-electron chi connectivity index (χ4n) is 4.32. The first kappa shape index (κ1) is 22.8. The predicted octanol–water partition coefficient (Wildman–Crippen LogP) is 4.91. The number of amides is 2. The third kappa shape index (κ3) is 5.33. The number of carbonyl (C=O) groups is 1. The molecule has 0 radical (unpaired) electrons. The standard InChI is InChI=1S/C27H33N5O/c1-5-25-24(18-22-9-7-6-8-10-22)26(29-21(4)28-25)31-13-15-32(16-14-31)27(33)30-23-12-11-19(2)20(3)17-23/h6-12,17H,5,13-16,18H2,1-4H3,(H,30,33). The summed E-state index contributed by atoms with van der Waals surface area (Å²) in [6, 6.07) is 16.5. The SMILES string of the molecule is CCc1nc(C)nc(N2CCN(C(=O)Nc3ccc(C)c(C)c3)CC2)c1Cc1ccccc1. The molecule has 3 aromatic rings. The molecular formula is C27H33N5O. The zero-order chi connectivity index (χ0) is 23.4. The Bertz CT molecular complexity index is 1120. The van der Waals surface area contributed by atoms with E-state index in [-0.39, 0.29) is 6.03 Å². The van der Waals surface area contributed by atoms with Gasteiger partial charge in [-0.3, -0.25) is 0 Å². The normalized spacial score (nSPS) is 13.8. The van der Waals surface area contributed by atoms with E-state index in [1.165, 1.54) is 22.3 Å². The Morgan fingerprint density at radius 2 is 1.67 bits per heavy atom. The van der Waals surface area contributed by atoms with E-state index in [0.29, 0.717) is 13.1 Å². The molecule has 0 saturated carbocycles. The van der Waals surface area contributed by atoms with Crippen LogP contribution in [0, 0.1) is 20.8 Å². The minimum absolute atomic E-state index is 0.0458. The Morgan fingerprint density at radius 1 is 0.939 bits per heavy atom. The van der Waals surface area contributed by atoms with Crippen LogP contribution in [0.1, 0.15) is 40.7 Å². The van der Waals surface area contributed by atoms with Crippen LogP contribution in [0.4, 0.5) is 16.3 Å². The van der Waals surface area contributed by atoms with Crippen LogP contribution in [0.3, 0.4) is 0 Å². The van der Waals surface area contributed by atoms with Crippen LogP contribution >= 0.6 is 0 Å². The molecule has 1 fully saturated rings. The molecule has 0 aliphatic carbocycles. The number of urea groups is 1. The quantitative estimate of drug-likeness (QED) is 0.609. The van der Waals surface area contributed by atoms with Crippen molar-refractivity contribution in [2.45, 2.75) is 40.5 Å².